The van der Waals surface area contributed by atoms with Crippen LogP contribution in [0.25, 0.3) is 6.08 Å². The molecule has 2 aromatic carbocycles. The highest BCUT2D eigenvalue weighted by Crippen LogP contribution is 2.27. The van der Waals surface area contributed by atoms with Gasteiger partial charge in [0.2, 0.25) is 0 Å². The molecule has 0 N–H and O–H groups in total. The fourth-order valence-corrected chi connectivity index (χ4v) is 2.22. The van der Waals surface area contributed by atoms with Gasteiger partial charge in [0.05, 0.1) is 0 Å². The first kappa shape index (κ1) is 13.3. The molecule has 19 heavy (non-hydrogen) atoms. The second-order valence-electron chi connectivity index (χ2n) is 4.24. The zero-order valence-corrected chi connectivity index (χ0v) is 11.4. The summed E-state index contributed by atoms with van der Waals surface area (Å²) in [5.41, 5.74) is 3.97. The fourth-order valence-electron chi connectivity index (χ4n) is 2.22. The molecule has 0 spiro atoms. The average Bonchev–Trinajstić information content (AvgIpc) is 2.79. The topological polar surface area (TPSA) is 17.1 Å². The van der Waals surface area contributed by atoms with Crippen LogP contribution in [0.5, 0.6) is 0 Å². The van der Waals surface area contributed by atoms with E-state index < -0.39 is 0 Å². The standard InChI is InChI=1S/C16H12O.C2H6/c17-16-14(10-12-6-2-1-3-7-12)11-13-8-4-5-9-15(13)16;1-2/h1-10H,11H2;1-2H3/b14-10+;. The predicted octanol–water partition coefficient (Wildman–Crippen LogP) is 4.54. The largest absolute Gasteiger partial charge is 0.289 e. The van der Waals surface area contributed by atoms with Crippen LogP contribution in [0.3, 0.4) is 0 Å². The van der Waals surface area contributed by atoms with Crippen LogP contribution >= 0.6 is 0 Å². The Balaban J connectivity index is 0.000000637. The number of hydrogen-bond acceptors (Lipinski definition) is 1. The van der Waals surface area contributed by atoms with E-state index in [9.17, 15) is 4.79 Å². The van der Waals surface area contributed by atoms with Crippen molar-refractivity contribution >= 4 is 11.9 Å². The molecule has 2 aromatic rings. The summed E-state index contributed by atoms with van der Waals surface area (Å²) in [5, 5.41) is 0. The van der Waals surface area contributed by atoms with E-state index in [2.05, 4.69) is 0 Å². The summed E-state index contributed by atoms with van der Waals surface area (Å²) >= 11 is 0. The van der Waals surface area contributed by atoms with Crippen LogP contribution in [0.2, 0.25) is 0 Å². The number of ketones is 1. The number of fused-ring (bicyclic) bond motifs is 1. The van der Waals surface area contributed by atoms with Crippen molar-refractivity contribution in [2.45, 2.75) is 20.3 Å². The van der Waals surface area contributed by atoms with Crippen LogP contribution in [0.4, 0.5) is 0 Å². The van der Waals surface area contributed by atoms with Gasteiger partial charge in [-0.15, -0.1) is 0 Å². The third-order valence-corrected chi connectivity index (χ3v) is 3.08. The number of benzene rings is 2. The van der Waals surface area contributed by atoms with E-state index in [1.54, 1.807) is 0 Å². The van der Waals surface area contributed by atoms with Crippen molar-refractivity contribution < 1.29 is 4.79 Å². The van der Waals surface area contributed by atoms with Crippen molar-refractivity contribution in [2.75, 3.05) is 0 Å². The number of rotatable bonds is 1. The molecule has 0 amide bonds. The van der Waals surface area contributed by atoms with Crippen LogP contribution in [0.1, 0.15) is 35.3 Å². The molecule has 0 atom stereocenters. The summed E-state index contributed by atoms with van der Waals surface area (Å²) in [6.45, 7) is 4.00. The van der Waals surface area contributed by atoms with E-state index in [0.29, 0.717) is 0 Å². The quantitative estimate of drug-likeness (QED) is 0.679. The lowest BCUT2D eigenvalue weighted by atomic mass is 10.1. The van der Waals surface area contributed by atoms with Gasteiger partial charge in [0.25, 0.3) is 0 Å². The molecular weight excluding hydrogens is 232 g/mol. The predicted molar refractivity (Wildman–Crippen MR) is 80.2 cm³/mol. The van der Waals surface area contributed by atoms with E-state index in [-0.39, 0.29) is 5.78 Å². The van der Waals surface area contributed by atoms with Crippen molar-refractivity contribution in [1.29, 1.82) is 0 Å². The normalized spacial score (nSPS) is 14.8. The van der Waals surface area contributed by atoms with Crippen molar-refractivity contribution in [3.05, 3.63) is 76.9 Å². The van der Waals surface area contributed by atoms with E-state index >= 15 is 0 Å². The SMILES string of the molecule is CC.O=C1/C(=C/c2ccccc2)Cc2ccccc21. The van der Waals surface area contributed by atoms with Crippen molar-refractivity contribution in [2.24, 2.45) is 0 Å². The number of carbonyl (C=O) groups is 1. The summed E-state index contributed by atoms with van der Waals surface area (Å²) in [6, 6.07) is 17.8. The number of carbonyl (C=O) groups excluding carboxylic acids is 1. The van der Waals surface area contributed by atoms with Crippen LogP contribution in [-0.2, 0) is 6.42 Å². The molecular formula is C18H18O. The molecule has 0 aromatic heterocycles. The van der Waals surface area contributed by atoms with Crippen molar-refractivity contribution in [1.82, 2.24) is 0 Å². The molecule has 0 saturated heterocycles. The molecule has 0 saturated carbocycles. The summed E-state index contributed by atoms with van der Waals surface area (Å²) in [7, 11) is 0. The first-order chi connectivity index (χ1) is 9.34. The van der Waals surface area contributed by atoms with E-state index in [0.717, 1.165) is 28.7 Å². The molecule has 0 fully saturated rings. The zero-order chi connectivity index (χ0) is 13.7. The molecule has 3 rings (SSSR count). The van der Waals surface area contributed by atoms with E-state index in [1.165, 1.54) is 0 Å². The Morgan fingerprint density at radius 3 is 2.21 bits per heavy atom. The van der Waals surface area contributed by atoms with Gasteiger partial charge in [-0.1, -0.05) is 68.4 Å². The second kappa shape index (κ2) is 6.14. The minimum absolute atomic E-state index is 0.171. The van der Waals surface area contributed by atoms with Gasteiger partial charge in [-0.3, -0.25) is 4.79 Å². The van der Waals surface area contributed by atoms with Gasteiger partial charge in [0.1, 0.15) is 0 Å². The highest BCUT2D eigenvalue weighted by atomic mass is 16.1. The summed E-state index contributed by atoms with van der Waals surface area (Å²) in [6.07, 6.45) is 2.74. The lowest BCUT2D eigenvalue weighted by Crippen LogP contribution is -1.94. The molecule has 0 unspecified atom stereocenters. The Hall–Kier alpha value is -2.15. The lowest BCUT2D eigenvalue weighted by molar-refractivity contribution is 0.104. The summed E-state index contributed by atoms with van der Waals surface area (Å²) in [4.78, 5) is 12.1. The first-order valence-electron chi connectivity index (χ1n) is 6.73. The Labute approximate surface area is 114 Å². The Bertz CT molecular complexity index is 594. The molecule has 1 aliphatic carbocycles. The molecule has 0 heterocycles. The monoisotopic (exact) mass is 250 g/mol. The number of hydrogen-bond donors (Lipinski definition) is 0. The molecule has 1 heteroatoms. The second-order valence-corrected chi connectivity index (χ2v) is 4.24. The Morgan fingerprint density at radius 1 is 0.895 bits per heavy atom. The third kappa shape index (κ3) is 2.82. The minimum Gasteiger partial charge on any atom is -0.289 e. The number of allylic oxidation sites excluding steroid dienone is 1. The van der Waals surface area contributed by atoms with Crippen molar-refractivity contribution in [3.63, 3.8) is 0 Å². The fraction of sp³-hybridized carbons (Fsp3) is 0.167. The average molecular weight is 250 g/mol. The summed E-state index contributed by atoms with van der Waals surface area (Å²) in [5.74, 6) is 0.171. The summed E-state index contributed by atoms with van der Waals surface area (Å²) < 4.78 is 0. The molecule has 1 aliphatic rings. The smallest absolute Gasteiger partial charge is 0.189 e. The molecule has 96 valence electrons. The van der Waals surface area contributed by atoms with Gasteiger partial charge in [-0.05, 0) is 17.2 Å². The van der Waals surface area contributed by atoms with Crippen LogP contribution in [-0.4, -0.2) is 5.78 Å². The minimum atomic E-state index is 0.171. The van der Waals surface area contributed by atoms with Crippen LogP contribution in [0.15, 0.2) is 60.2 Å². The van der Waals surface area contributed by atoms with Crippen LogP contribution in [0, 0.1) is 0 Å². The molecule has 1 nitrogen and oxygen atoms in total. The van der Waals surface area contributed by atoms with E-state index in [4.69, 9.17) is 0 Å². The van der Waals surface area contributed by atoms with Gasteiger partial charge < -0.3 is 0 Å². The molecule has 0 aliphatic heterocycles. The lowest BCUT2D eigenvalue weighted by Gasteiger charge is -1.95. The zero-order valence-electron chi connectivity index (χ0n) is 11.4. The maximum atomic E-state index is 12.1. The highest BCUT2D eigenvalue weighted by Gasteiger charge is 2.23. The van der Waals surface area contributed by atoms with Gasteiger partial charge in [-0.2, -0.15) is 0 Å². The maximum absolute atomic E-state index is 12.1. The Morgan fingerprint density at radius 2 is 1.53 bits per heavy atom. The van der Waals surface area contributed by atoms with Gasteiger partial charge in [-0.25, -0.2) is 0 Å². The van der Waals surface area contributed by atoms with Crippen molar-refractivity contribution in [3.8, 4) is 0 Å². The molecule has 0 radical (unpaired) electrons. The Kier molecular flexibility index (Phi) is 4.30. The third-order valence-electron chi connectivity index (χ3n) is 3.08. The highest BCUT2D eigenvalue weighted by molar-refractivity contribution is 6.15. The van der Waals surface area contributed by atoms with Gasteiger partial charge in [0, 0.05) is 17.6 Å². The van der Waals surface area contributed by atoms with Gasteiger partial charge in [0.15, 0.2) is 5.78 Å². The maximum Gasteiger partial charge on any atom is 0.189 e. The number of Topliss-reactive ketones (excluding diaryl/α,β-unsaturated/α-hetero) is 1. The van der Waals surface area contributed by atoms with Crippen LogP contribution < -0.4 is 0 Å². The first-order valence-corrected chi connectivity index (χ1v) is 6.73. The molecule has 0 bridgehead atoms. The van der Waals surface area contributed by atoms with E-state index in [1.807, 2.05) is 74.5 Å². The van der Waals surface area contributed by atoms with Gasteiger partial charge >= 0.3 is 0 Å².